The van der Waals surface area contributed by atoms with E-state index in [-0.39, 0.29) is 23.0 Å². The number of phenolic OH excluding ortho intramolecular Hbond substituents is 4. The van der Waals surface area contributed by atoms with Crippen molar-refractivity contribution in [1.29, 1.82) is 0 Å². The Labute approximate surface area is 183 Å². The van der Waals surface area contributed by atoms with E-state index in [0.717, 1.165) is 0 Å². The fourth-order valence-corrected chi connectivity index (χ4v) is 2.20. The minimum atomic E-state index is 0.164. The van der Waals surface area contributed by atoms with Crippen LogP contribution in [0.15, 0.2) is 97.1 Å². The molecule has 0 atom stereocenters. The van der Waals surface area contributed by atoms with E-state index in [1.807, 2.05) is 0 Å². The lowest BCUT2D eigenvalue weighted by Crippen LogP contribution is -1.99. The average molecular weight is 436 g/mol. The van der Waals surface area contributed by atoms with Gasteiger partial charge < -0.3 is 20.4 Å². The third-order valence-electron chi connectivity index (χ3n) is 3.82. The second-order valence-electron chi connectivity index (χ2n) is 6.31. The fraction of sp³-hybridized carbons (Fsp3) is 0. The van der Waals surface area contributed by atoms with Crippen LogP contribution in [0.4, 0.5) is 0 Å². The molecule has 4 aromatic carbocycles. The normalized spacial score (nSPS) is 9.75. The van der Waals surface area contributed by atoms with Gasteiger partial charge in [0.15, 0.2) is 23.0 Å². The molecule has 8 heteroatoms. The first kappa shape index (κ1) is 22.0. The highest BCUT2D eigenvalue weighted by Gasteiger charge is 1.99. The second-order valence-corrected chi connectivity index (χ2v) is 6.31. The zero-order chi connectivity index (χ0) is 22.8. The van der Waals surface area contributed by atoms with Crippen LogP contribution in [0.5, 0.6) is 46.0 Å². The van der Waals surface area contributed by atoms with Crippen LogP contribution in [0.1, 0.15) is 0 Å². The van der Waals surface area contributed by atoms with E-state index in [1.165, 1.54) is 48.5 Å². The third-order valence-corrected chi connectivity index (χ3v) is 3.82. The van der Waals surface area contributed by atoms with Gasteiger partial charge in [-0.3, -0.25) is 19.6 Å². The predicted octanol–water partition coefficient (Wildman–Crippen LogP) is 4.94. The van der Waals surface area contributed by atoms with Gasteiger partial charge in [0.25, 0.3) is 0 Å². The maximum atomic E-state index is 9.05. The number of aromatic hydroxyl groups is 4. The topological polar surface area (TPSA) is 118 Å². The summed E-state index contributed by atoms with van der Waals surface area (Å²) in [6.07, 6.45) is 0. The van der Waals surface area contributed by atoms with Crippen LogP contribution in [0.3, 0.4) is 0 Å². The van der Waals surface area contributed by atoms with Gasteiger partial charge in [0.2, 0.25) is 0 Å². The standard InChI is InChI=1S/2C12H10O4/c2*13-9-1-5-11(6-2-9)15-16-12-7-3-10(14)4-8-12/h2*1-8,13-14H. The lowest BCUT2D eigenvalue weighted by Gasteiger charge is -2.05. The summed E-state index contributed by atoms with van der Waals surface area (Å²) in [6.45, 7) is 0. The summed E-state index contributed by atoms with van der Waals surface area (Å²) in [5.74, 6) is 2.57. The minimum absolute atomic E-state index is 0.164. The van der Waals surface area contributed by atoms with E-state index in [9.17, 15) is 0 Å². The van der Waals surface area contributed by atoms with E-state index in [4.69, 9.17) is 40.0 Å². The Balaban J connectivity index is 0.000000181. The zero-order valence-electron chi connectivity index (χ0n) is 16.7. The Morgan fingerprint density at radius 3 is 0.594 bits per heavy atom. The average Bonchev–Trinajstić information content (AvgIpc) is 2.81. The van der Waals surface area contributed by atoms with Crippen molar-refractivity contribution in [3.8, 4) is 46.0 Å². The quantitative estimate of drug-likeness (QED) is 0.248. The molecule has 0 aromatic heterocycles. The van der Waals surface area contributed by atoms with Gasteiger partial charge in [0.05, 0.1) is 0 Å². The Kier molecular flexibility index (Phi) is 7.48. The Bertz CT molecular complexity index is 895. The molecule has 0 saturated heterocycles. The van der Waals surface area contributed by atoms with Crippen LogP contribution in [0, 0.1) is 0 Å². The molecule has 8 nitrogen and oxygen atoms in total. The van der Waals surface area contributed by atoms with Crippen molar-refractivity contribution >= 4 is 0 Å². The molecule has 0 heterocycles. The smallest absolute Gasteiger partial charge is 0.178 e. The van der Waals surface area contributed by atoms with E-state index in [2.05, 4.69) is 0 Å². The monoisotopic (exact) mass is 436 g/mol. The van der Waals surface area contributed by atoms with E-state index < -0.39 is 0 Å². The van der Waals surface area contributed by atoms with Gasteiger partial charge in [-0.25, -0.2) is 0 Å². The summed E-state index contributed by atoms with van der Waals surface area (Å²) in [5, 5.41) is 36.2. The van der Waals surface area contributed by atoms with E-state index in [0.29, 0.717) is 23.0 Å². The molecule has 0 radical (unpaired) electrons. The first-order valence-electron chi connectivity index (χ1n) is 9.33. The molecule has 0 aliphatic rings. The molecule has 0 saturated carbocycles. The largest absolute Gasteiger partial charge is 0.508 e. The SMILES string of the molecule is Oc1ccc(OOc2ccc(O)cc2)cc1.Oc1ccc(OOc2ccc(O)cc2)cc1. The van der Waals surface area contributed by atoms with Gasteiger partial charge in [-0.15, -0.1) is 0 Å². The Morgan fingerprint density at radius 2 is 0.438 bits per heavy atom. The summed E-state index contributed by atoms with van der Waals surface area (Å²) < 4.78 is 0. The maximum Gasteiger partial charge on any atom is 0.178 e. The Morgan fingerprint density at radius 1 is 0.281 bits per heavy atom. The van der Waals surface area contributed by atoms with Crippen LogP contribution in [-0.4, -0.2) is 20.4 Å². The molecular formula is C24H20O8. The van der Waals surface area contributed by atoms with E-state index >= 15 is 0 Å². The highest BCUT2D eigenvalue weighted by molar-refractivity contribution is 5.33. The fourth-order valence-electron chi connectivity index (χ4n) is 2.20. The van der Waals surface area contributed by atoms with Crippen molar-refractivity contribution in [2.24, 2.45) is 0 Å². The van der Waals surface area contributed by atoms with Gasteiger partial charge in [-0.2, -0.15) is 0 Å². The number of phenols is 4. The molecule has 4 rings (SSSR count). The zero-order valence-corrected chi connectivity index (χ0v) is 16.7. The highest BCUT2D eigenvalue weighted by Crippen LogP contribution is 2.21. The van der Waals surface area contributed by atoms with Crippen LogP contribution >= 0.6 is 0 Å². The van der Waals surface area contributed by atoms with Crippen molar-refractivity contribution in [2.75, 3.05) is 0 Å². The lowest BCUT2D eigenvalue weighted by atomic mass is 10.3. The number of hydrogen-bond donors (Lipinski definition) is 4. The highest BCUT2D eigenvalue weighted by atomic mass is 17.2. The number of benzene rings is 4. The minimum Gasteiger partial charge on any atom is -0.508 e. The second kappa shape index (κ2) is 10.9. The van der Waals surface area contributed by atoms with Gasteiger partial charge in [0.1, 0.15) is 23.0 Å². The van der Waals surface area contributed by atoms with Gasteiger partial charge in [0, 0.05) is 0 Å². The van der Waals surface area contributed by atoms with Crippen molar-refractivity contribution in [1.82, 2.24) is 0 Å². The summed E-state index contributed by atoms with van der Waals surface area (Å²) in [5.41, 5.74) is 0. The van der Waals surface area contributed by atoms with Gasteiger partial charge in [-0.05, 0) is 97.1 Å². The first-order valence-corrected chi connectivity index (χ1v) is 9.33. The number of hydrogen-bond acceptors (Lipinski definition) is 8. The van der Waals surface area contributed by atoms with E-state index in [1.54, 1.807) is 48.5 Å². The molecule has 0 unspecified atom stereocenters. The molecule has 0 amide bonds. The van der Waals surface area contributed by atoms with Crippen molar-refractivity contribution in [3.63, 3.8) is 0 Å². The first-order chi connectivity index (χ1) is 15.5. The van der Waals surface area contributed by atoms with Crippen LogP contribution in [0.25, 0.3) is 0 Å². The van der Waals surface area contributed by atoms with Crippen LogP contribution < -0.4 is 19.6 Å². The lowest BCUT2D eigenvalue weighted by molar-refractivity contribution is -0.0999. The van der Waals surface area contributed by atoms with Gasteiger partial charge >= 0.3 is 0 Å². The van der Waals surface area contributed by atoms with Crippen LogP contribution in [0.2, 0.25) is 0 Å². The molecule has 0 aliphatic carbocycles. The molecule has 0 spiro atoms. The van der Waals surface area contributed by atoms with Crippen molar-refractivity contribution < 1.29 is 40.0 Å². The Hall–Kier alpha value is -4.72. The maximum absolute atomic E-state index is 9.05. The molecule has 0 aliphatic heterocycles. The molecule has 4 aromatic rings. The molecule has 0 bridgehead atoms. The third kappa shape index (κ3) is 7.27. The predicted molar refractivity (Wildman–Crippen MR) is 115 cm³/mol. The summed E-state index contributed by atoms with van der Waals surface area (Å²) in [6, 6.07) is 24.6. The number of rotatable bonds is 6. The summed E-state index contributed by atoms with van der Waals surface area (Å²) >= 11 is 0. The molecular weight excluding hydrogens is 416 g/mol. The molecule has 4 N–H and O–H groups in total. The molecule has 0 fully saturated rings. The van der Waals surface area contributed by atoms with Crippen molar-refractivity contribution in [3.05, 3.63) is 97.1 Å². The summed E-state index contributed by atoms with van der Waals surface area (Å²) in [4.78, 5) is 20.0. The summed E-state index contributed by atoms with van der Waals surface area (Å²) in [7, 11) is 0. The molecule has 32 heavy (non-hydrogen) atoms. The van der Waals surface area contributed by atoms with Crippen molar-refractivity contribution in [2.45, 2.75) is 0 Å². The molecule has 164 valence electrons. The van der Waals surface area contributed by atoms with Gasteiger partial charge in [-0.1, -0.05) is 0 Å². The van der Waals surface area contributed by atoms with Crippen LogP contribution in [-0.2, 0) is 0 Å².